The molecule has 0 spiro atoms. The Hall–Kier alpha value is -8.86. The number of aliphatic hydroxyl groups is 1. The number of hydrogen-bond acceptors (Lipinski definition) is 15. The second-order valence-corrected chi connectivity index (χ2v) is 19.3. The largest absolute Gasteiger partial charge is 0.508 e. The van der Waals surface area contributed by atoms with E-state index in [9.17, 15) is 78.3 Å². The van der Waals surface area contributed by atoms with Crippen molar-refractivity contribution in [2.45, 2.75) is 134 Å². The molecule has 2 aromatic carbocycles. The first-order valence-electron chi connectivity index (χ1n) is 25.5. The first kappa shape index (κ1) is 65.4. The number of carboxylic acids is 3. The van der Waals surface area contributed by atoms with Crippen LogP contribution in [0.4, 0.5) is 0 Å². The van der Waals surface area contributed by atoms with Crippen molar-refractivity contribution in [1.29, 1.82) is 0 Å². The van der Waals surface area contributed by atoms with Gasteiger partial charge in [0.2, 0.25) is 47.3 Å². The highest BCUT2D eigenvalue weighted by Gasteiger charge is 2.37. The number of carbonyl (C=O) groups excluding carboxylic acids is 8. The molecule has 80 heavy (non-hydrogen) atoms. The van der Waals surface area contributed by atoms with Crippen LogP contribution in [0.25, 0.3) is 10.9 Å². The summed E-state index contributed by atoms with van der Waals surface area (Å²) in [4.78, 5) is 154. The Balaban J connectivity index is 1.99. The van der Waals surface area contributed by atoms with Crippen molar-refractivity contribution in [3.63, 3.8) is 0 Å². The third-order valence-electron chi connectivity index (χ3n) is 12.7. The molecule has 0 aliphatic carbocycles. The number of aliphatic imine (C=N–C) groups is 1. The van der Waals surface area contributed by atoms with Crippen LogP contribution in [0.2, 0.25) is 0 Å². The fraction of sp³-hybridized carbons (Fsp3) is 0.490. The van der Waals surface area contributed by atoms with E-state index in [4.69, 9.17) is 17.2 Å². The van der Waals surface area contributed by atoms with E-state index >= 15 is 0 Å². The third-order valence-corrected chi connectivity index (χ3v) is 12.7. The van der Waals surface area contributed by atoms with Crippen LogP contribution in [0.3, 0.4) is 0 Å². The molecule has 0 bridgehead atoms. The Morgan fingerprint density at radius 1 is 0.600 bits per heavy atom. The Morgan fingerprint density at radius 3 is 1.61 bits per heavy atom. The van der Waals surface area contributed by atoms with Gasteiger partial charge in [-0.15, -0.1) is 0 Å². The zero-order chi connectivity index (χ0) is 60.0. The van der Waals surface area contributed by atoms with Gasteiger partial charge in [-0.3, -0.25) is 57.7 Å². The van der Waals surface area contributed by atoms with Gasteiger partial charge in [0, 0.05) is 36.5 Å². The van der Waals surface area contributed by atoms with Crippen LogP contribution in [-0.4, -0.2) is 169 Å². The number of carboxylic acid groups (broad SMARTS) is 3. The van der Waals surface area contributed by atoms with Crippen LogP contribution >= 0.6 is 0 Å². The van der Waals surface area contributed by atoms with Crippen LogP contribution in [0.5, 0.6) is 5.75 Å². The van der Waals surface area contributed by atoms with Crippen molar-refractivity contribution in [1.82, 2.24) is 47.5 Å². The number of para-hydroxylation sites is 1. The molecule has 0 aliphatic heterocycles. The smallest absolute Gasteiger partial charge is 0.325 e. The van der Waals surface area contributed by atoms with Gasteiger partial charge in [0.15, 0.2) is 5.96 Å². The van der Waals surface area contributed by atoms with Gasteiger partial charge in [-0.2, -0.15) is 0 Å². The van der Waals surface area contributed by atoms with Crippen LogP contribution in [0.1, 0.15) is 77.8 Å². The zero-order valence-corrected chi connectivity index (χ0v) is 44.8. The number of hydrogen-bond donors (Lipinski definition) is 17. The monoisotopic (exact) mass is 1120 g/mol. The summed E-state index contributed by atoms with van der Waals surface area (Å²) < 4.78 is 0. The minimum atomic E-state index is -2.03. The maximum Gasteiger partial charge on any atom is 0.325 e. The molecule has 3 aromatic rings. The molecule has 0 unspecified atom stereocenters. The maximum absolute atomic E-state index is 14.4. The summed E-state index contributed by atoms with van der Waals surface area (Å²) in [5.74, 6) is -14.8. The van der Waals surface area contributed by atoms with E-state index in [-0.39, 0.29) is 55.4 Å². The van der Waals surface area contributed by atoms with E-state index in [2.05, 4.69) is 52.5 Å². The van der Waals surface area contributed by atoms with Crippen molar-refractivity contribution in [3.05, 3.63) is 65.9 Å². The predicted molar refractivity (Wildman–Crippen MR) is 286 cm³/mol. The lowest BCUT2D eigenvalue weighted by Crippen LogP contribution is -2.61. The quantitative estimate of drug-likeness (QED) is 0.0161. The number of aromatic nitrogens is 1. The van der Waals surface area contributed by atoms with Gasteiger partial charge in [0.1, 0.15) is 54.1 Å². The van der Waals surface area contributed by atoms with Crippen LogP contribution in [-0.2, 0) is 65.6 Å². The zero-order valence-electron chi connectivity index (χ0n) is 44.8. The number of nitrogens with one attached hydrogen (secondary N) is 9. The highest BCUT2D eigenvalue weighted by atomic mass is 16.4. The van der Waals surface area contributed by atoms with Crippen molar-refractivity contribution in [2.75, 3.05) is 13.2 Å². The number of aliphatic carboxylic acids is 3. The molecule has 29 nitrogen and oxygen atoms in total. The topological polar surface area (TPSA) is 491 Å². The Kier molecular flexibility index (Phi) is 25.8. The summed E-state index contributed by atoms with van der Waals surface area (Å²) in [7, 11) is 0. The van der Waals surface area contributed by atoms with Gasteiger partial charge in [0.25, 0.3) is 0 Å². The summed E-state index contributed by atoms with van der Waals surface area (Å²) in [6.07, 6.45) is -1.27. The number of phenolic OH excluding ortho intramolecular Hbond substituents is 1. The van der Waals surface area contributed by atoms with Gasteiger partial charge >= 0.3 is 17.9 Å². The second kappa shape index (κ2) is 31.5. The molecule has 0 aliphatic rings. The molecule has 0 radical (unpaired) electrons. The highest BCUT2D eigenvalue weighted by molar-refractivity contribution is 6.00. The Labute approximate surface area is 459 Å². The molecular formula is C51H73N13O16. The molecule has 20 N–H and O–H groups in total. The highest BCUT2D eigenvalue weighted by Crippen LogP contribution is 2.20. The van der Waals surface area contributed by atoms with Crippen LogP contribution in [0, 0.1) is 11.8 Å². The molecule has 0 saturated heterocycles. The lowest BCUT2D eigenvalue weighted by molar-refractivity contribution is -0.142. The SMILES string of the molecule is CC[C@H](C)[C@H](NC(=O)[C@H](CCCN=C(N)N)NC(=O)[C@H](CC(=O)O)NC(=O)[C@H](Cc1ccc(O)cc1)NC(=O)[C@H](CC(=O)O)NC(=O)[C@H](Cc1c[nH]c2ccccc12)NC(=O)[C@@H](N)C(C)C)C(=O)N[C@@H](CO)C(=O)N[C@@H](C)C(=O)O. The molecule has 438 valence electrons. The summed E-state index contributed by atoms with van der Waals surface area (Å²) >= 11 is 0. The first-order valence-corrected chi connectivity index (χ1v) is 25.5. The van der Waals surface area contributed by atoms with Gasteiger partial charge in [0.05, 0.1) is 25.5 Å². The average molecular weight is 1120 g/mol. The molecule has 0 saturated carbocycles. The molecule has 1 heterocycles. The van der Waals surface area contributed by atoms with E-state index in [1.807, 2.05) is 0 Å². The first-order chi connectivity index (χ1) is 37.6. The molecule has 0 fully saturated rings. The van der Waals surface area contributed by atoms with Gasteiger partial charge in [-0.05, 0) is 60.9 Å². The number of amides is 8. The standard InChI is InChI=1S/C51H73N13O16/c1-6-25(4)41(49(78)63-37(23-65)47(76)57-26(5)50(79)80)64-42(71)32(12-9-17-55-51(53)54)58-45(74)35(20-38(67)68)60-43(72)33(18-27-13-15-29(66)16-14-27)59-46(75)36(21-39(69)70)61-44(73)34(62-48(77)40(52)24(2)3)19-28-22-56-31-11-8-7-10-30(28)31/h7-8,10-11,13-16,22,24-26,32-37,40-41,56,65-66H,6,9,12,17-21,23,52H2,1-5H3,(H,57,76)(H,58,74)(H,59,75)(H,60,72)(H,61,73)(H,62,77)(H,63,78)(H,64,71)(H,67,68)(H,69,70)(H,79,80)(H4,53,54,55)/t25-,26-,32-,33-,34-,35-,36-,37-,40-,41-/m0/s1. The lowest BCUT2D eigenvalue weighted by atomic mass is 9.97. The number of fused-ring (bicyclic) bond motifs is 1. The molecule has 1 aromatic heterocycles. The molecule has 3 rings (SSSR count). The number of guanidine groups is 1. The van der Waals surface area contributed by atoms with Gasteiger partial charge < -0.3 is 90.3 Å². The number of aromatic hydroxyl groups is 1. The molecule has 10 atom stereocenters. The van der Waals surface area contributed by atoms with Gasteiger partial charge in [-0.1, -0.05) is 64.4 Å². The molecular weight excluding hydrogens is 1050 g/mol. The minimum Gasteiger partial charge on any atom is -0.508 e. The fourth-order valence-corrected chi connectivity index (χ4v) is 7.79. The second-order valence-electron chi connectivity index (χ2n) is 19.3. The van der Waals surface area contributed by atoms with Gasteiger partial charge in [-0.25, -0.2) is 0 Å². The van der Waals surface area contributed by atoms with E-state index in [0.29, 0.717) is 16.5 Å². The number of aromatic amines is 1. The van der Waals surface area contributed by atoms with E-state index < -0.39 is 151 Å². The predicted octanol–water partition coefficient (Wildman–Crippen LogP) is -3.33. The minimum absolute atomic E-state index is 0.0165. The number of nitrogens with zero attached hydrogens (tertiary/aromatic N) is 1. The fourth-order valence-electron chi connectivity index (χ4n) is 7.79. The van der Waals surface area contributed by atoms with E-state index in [1.165, 1.54) is 24.3 Å². The number of phenols is 1. The van der Waals surface area contributed by atoms with E-state index in [1.54, 1.807) is 58.2 Å². The number of rotatable bonds is 33. The number of carbonyl (C=O) groups is 11. The number of nitrogens with two attached hydrogens (primary N) is 3. The normalized spacial score (nSPS) is 14.8. The van der Waals surface area contributed by atoms with Crippen molar-refractivity contribution in [3.8, 4) is 5.75 Å². The number of H-pyrrole nitrogens is 1. The molecule has 29 heteroatoms. The summed E-state index contributed by atoms with van der Waals surface area (Å²) in [6.45, 7) is 6.63. The number of aliphatic hydroxyl groups excluding tert-OH is 1. The van der Waals surface area contributed by atoms with Crippen molar-refractivity contribution < 1.29 is 78.3 Å². The Morgan fingerprint density at radius 2 is 1.09 bits per heavy atom. The van der Waals surface area contributed by atoms with Crippen LogP contribution < -0.4 is 59.7 Å². The summed E-state index contributed by atoms with van der Waals surface area (Å²) in [5, 5.41) is 68.6. The lowest BCUT2D eigenvalue weighted by Gasteiger charge is -2.29. The van der Waals surface area contributed by atoms with Crippen LogP contribution in [0.15, 0.2) is 59.7 Å². The Bertz CT molecular complexity index is 2710. The maximum atomic E-state index is 14.4. The van der Waals surface area contributed by atoms with Crippen molar-refractivity contribution >= 4 is 82.0 Å². The average Bonchev–Trinajstić information content (AvgIpc) is 3.81. The summed E-state index contributed by atoms with van der Waals surface area (Å²) in [6, 6.07) is -2.20. The molecule has 8 amide bonds. The summed E-state index contributed by atoms with van der Waals surface area (Å²) in [5.41, 5.74) is 18.5. The third kappa shape index (κ3) is 20.8. The number of benzene rings is 2. The van der Waals surface area contributed by atoms with E-state index in [0.717, 1.165) is 6.92 Å². The van der Waals surface area contributed by atoms with Crippen molar-refractivity contribution in [2.24, 2.45) is 34.0 Å².